The fourth-order valence-electron chi connectivity index (χ4n) is 4.13. The second-order valence-electron chi connectivity index (χ2n) is 8.50. The van der Waals surface area contributed by atoms with E-state index >= 15 is 0 Å². The van der Waals surface area contributed by atoms with Crippen molar-refractivity contribution in [1.82, 2.24) is 0 Å². The fourth-order valence-corrected chi connectivity index (χ4v) is 4.13. The lowest BCUT2D eigenvalue weighted by atomic mass is 10.0. The van der Waals surface area contributed by atoms with Crippen molar-refractivity contribution in [2.24, 2.45) is 0 Å². The zero-order valence-electron chi connectivity index (χ0n) is 21.1. The number of methoxy groups -OCH3 is 2. The molecule has 0 aliphatic carbocycles. The van der Waals surface area contributed by atoms with Gasteiger partial charge in [0.2, 0.25) is 11.2 Å². The molecule has 36 heavy (non-hydrogen) atoms. The van der Waals surface area contributed by atoms with E-state index in [-0.39, 0.29) is 23.5 Å². The van der Waals surface area contributed by atoms with Crippen LogP contribution < -0.4 is 25.0 Å². The lowest BCUT2D eigenvalue weighted by Crippen LogP contribution is -2.22. The standard InChI is InChI=1S/C29H29NO6/c1-6-19-7-10-21(11-8-19)30-25(31)16-35-29-27(32)26-18(3)13-17(2)14-24(26)36-28(29)20-9-12-22(33-4)23(15-20)34-5/h7-15H,6,16H2,1-5H3,(H,30,31). The van der Waals surface area contributed by atoms with Gasteiger partial charge in [-0.2, -0.15) is 0 Å². The van der Waals surface area contributed by atoms with Gasteiger partial charge in [-0.05, 0) is 73.4 Å². The molecule has 0 atom stereocenters. The molecule has 0 saturated heterocycles. The molecule has 0 aliphatic rings. The van der Waals surface area contributed by atoms with Crippen molar-refractivity contribution < 1.29 is 23.4 Å². The van der Waals surface area contributed by atoms with E-state index in [0.29, 0.717) is 33.7 Å². The summed E-state index contributed by atoms with van der Waals surface area (Å²) in [6, 6.07) is 16.5. The Morgan fingerprint density at radius 2 is 1.67 bits per heavy atom. The zero-order chi connectivity index (χ0) is 25.8. The van der Waals surface area contributed by atoms with Crippen LogP contribution in [-0.4, -0.2) is 26.7 Å². The van der Waals surface area contributed by atoms with Crippen LogP contribution in [0.4, 0.5) is 5.69 Å². The molecule has 0 radical (unpaired) electrons. The average Bonchev–Trinajstić information content (AvgIpc) is 2.87. The Hall–Kier alpha value is -4.26. The Morgan fingerprint density at radius 3 is 2.33 bits per heavy atom. The van der Waals surface area contributed by atoms with E-state index in [1.54, 1.807) is 25.3 Å². The van der Waals surface area contributed by atoms with Crippen LogP contribution in [0.5, 0.6) is 17.2 Å². The van der Waals surface area contributed by atoms with Gasteiger partial charge in [-0.3, -0.25) is 9.59 Å². The van der Waals surface area contributed by atoms with Crippen LogP contribution in [0, 0.1) is 13.8 Å². The van der Waals surface area contributed by atoms with Gasteiger partial charge in [0, 0.05) is 11.3 Å². The first-order valence-electron chi connectivity index (χ1n) is 11.7. The molecule has 0 unspecified atom stereocenters. The van der Waals surface area contributed by atoms with Crippen molar-refractivity contribution >= 4 is 22.6 Å². The number of fused-ring (bicyclic) bond motifs is 1. The lowest BCUT2D eigenvalue weighted by Gasteiger charge is -2.14. The predicted octanol–water partition coefficient (Wildman–Crippen LogP) is 5.67. The highest BCUT2D eigenvalue weighted by atomic mass is 16.5. The summed E-state index contributed by atoms with van der Waals surface area (Å²) in [6.45, 7) is 5.48. The molecular weight excluding hydrogens is 458 g/mol. The molecule has 1 amide bonds. The molecule has 0 bridgehead atoms. The van der Waals surface area contributed by atoms with Crippen molar-refractivity contribution in [2.45, 2.75) is 27.2 Å². The maximum Gasteiger partial charge on any atom is 0.262 e. The molecule has 0 aliphatic heterocycles. The fraction of sp³-hybridized carbons (Fsp3) is 0.241. The molecule has 0 spiro atoms. The highest BCUT2D eigenvalue weighted by Gasteiger charge is 2.21. The number of carbonyl (C=O) groups is 1. The van der Waals surface area contributed by atoms with Crippen LogP contribution in [0.2, 0.25) is 0 Å². The molecule has 7 heteroatoms. The van der Waals surface area contributed by atoms with Gasteiger partial charge in [-0.15, -0.1) is 0 Å². The summed E-state index contributed by atoms with van der Waals surface area (Å²) in [5.41, 5.74) is 4.19. The second kappa shape index (κ2) is 10.6. The van der Waals surface area contributed by atoms with E-state index in [0.717, 1.165) is 17.5 Å². The van der Waals surface area contributed by atoms with Gasteiger partial charge < -0.3 is 23.9 Å². The molecule has 1 N–H and O–H groups in total. The molecular formula is C29H29NO6. The quantitative estimate of drug-likeness (QED) is 0.344. The number of carbonyl (C=O) groups excluding carboxylic acids is 1. The second-order valence-corrected chi connectivity index (χ2v) is 8.50. The Kier molecular flexibility index (Phi) is 7.29. The third-order valence-electron chi connectivity index (χ3n) is 5.93. The summed E-state index contributed by atoms with van der Waals surface area (Å²) in [5, 5.41) is 3.21. The number of amides is 1. The van der Waals surface area contributed by atoms with Crippen molar-refractivity contribution in [3.63, 3.8) is 0 Å². The Morgan fingerprint density at radius 1 is 0.944 bits per heavy atom. The molecule has 0 saturated carbocycles. The number of hydrogen-bond acceptors (Lipinski definition) is 6. The van der Waals surface area contributed by atoms with Gasteiger partial charge in [0.15, 0.2) is 23.9 Å². The minimum atomic E-state index is -0.391. The highest BCUT2D eigenvalue weighted by Crippen LogP contribution is 2.37. The van der Waals surface area contributed by atoms with Gasteiger partial charge in [0.25, 0.3) is 5.91 Å². The van der Waals surface area contributed by atoms with E-state index in [2.05, 4.69) is 12.2 Å². The Balaban J connectivity index is 1.74. The Bertz CT molecular complexity index is 1470. The number of aryl methyl sites for hydroxylation is 3. The summed E-state index contributed by atoms with van der Waals surface area (Å²) in [4.78, 5) is 26.3. The largest absolute Gasteiger partial charge is 0.493 e. The number of ether oxygens (including phenoxy) is 3. The summed E-state index contributed by atoms with van der Waals surface area (Å²) in [6.07, 6.45) is 0.910. The summed E-state index contributed by atoms with van der Waals surface area (Å²) >= 11 is 0. The lowest BCUT2D eigenvalue weighted by molar-refractivity contribution is -0.118. The molecule has 3 aromatic carbocycles. The van der Waals surface area contributed by atoms with Crippen molar-refractivity contribution in [3.05, 3.63) is 81.5 Å². The van der Waals surface area contributed by atoms with Crippen LogP contribution in [0.25, 0.3) is 22.3 Å². The smallest absolute Gasteiger partial charge is 0.262 e. The van der Waals surface area contributed by atoms with E-state index in [9.17, 15) is 9.59 Å². The van der Waals surface area contributed by atoms with Gasteiger partial charge in [0.05, 0.1) is 19.6 Å². The molecule has 186 valence electrons. The van der Waals surface area contributed by atoms with Crippen molar-refractivity contribution in [3.8, 4) is 28.6 Å². The van der Waals surface area contributed by atoms with Gasteiger partial charge in [0.1, 0.15) is 5.58 Å². The highest BCUT2D eigenvalue weighted by molar-refractivity contribution is 5.92. The van der Waals surface area contributed by atoms with E-state index in [1.807, 2.05) is 50.2 Å². The minimum absolute atomic E-state index is 0.0434. The normalized spacial score (nSPS) is 10.8. The third kappa shape index (κ3) is 5.05. The first-order valence-corrected chi connectivity index (χ1v) is 11.7. The summed E-state index contributed by atoms with van der Waals surface area (Å²) in [7, 11) is 3.07. The number of nitrogens with one attached hydrogen (secondary N) is 1. The van der Waals surface area contributed by atoms with Crippen LogP contribution in [0.1, 0.15) is 23.6 Å². The molecule has 4 rings (SSSR count). The Labute approximate surface area is 209 Å². The van der Waals surface area contributed by atoms with Crippen LogP contribution in [0.3, 0.4) is 0 Å². The molecule has 1 heterocycles. The number of hydrogen-bond donors (Lipinski definition) is 1. The average molecular weight is 488 g/mol. The number of anilines is 1. The maximum absolute atomic E-state index is 13.6. The van der Waals surface area contributed by atoms with E-state index in [4.69, 9.17) is 18.6 Å². The van der Waals surface area contributed by atoms with Crippen molar-refractivity contribution in [2.75, 3.05) is 26.1 Å². The minimum Gasteiger partial charge on any atom is -0.493 e. The first-order chi connectivity index (χ1) is 17.3. The summed E-state index contributed by atoms with van der Waals surface area (Å²) in [5.74, 6) is 0.777. The van der Waals surface area contributed by atoms with E-state index in [1.165, 1.54) is 12.7 Å². The monoisotopic (exact) mass is 487 g/mol. The third-order valence-corrected chi connectivity index (χ3v) is 5.93. The zero-order valence-corrected chi connectivity index (χ0v) is 21.1. The van der Waals surface area contributed by atoms with E-state index < -0.39 is 5.91 Å². The van der Waals surface area contributed by atoms with Crippen LogP contribution in [0.15, 0.2) is 63.8 Å². The predicted molar refractivity (Wildman–Crippen MR) is 140 cm³/mol. The van der Waals surface area contributed by atoms with Gasteiger partial charge in [-0.25, -0.2) is 0 Å². The van der Waals surface area contributed by atoms with Crippen LogP contribution in [-0.2, 0) is 11.2 Å². The van der Waals surface area contributed by atoms with Crippen molar-refractivity contribution in [1.29, 1.82) is 0 Å². The van der Waals surface area contributed by atoms with Gasteiger partial charge in [-0.1, -0.05) is 25.1 Å². The number of rotatable bonds is 8. The first kappa shape index (κ1) is 24.9. The molecule has 1 aromatic heterocycles. The maximum atomic E-state index is 13.6. The molecule has 4 aromatic rings. The summed E-state index contributed by atoms with van der Waals surface area (Å²) < 4.78 is 22.8. The molecule has 7 nitrogen and oxygen atoms in total. The topological polar surface area (TPSA) is 87.0 Å². The number of benzene rings is 3. The van der Waals surface area contributed by atoms with Crippen LogP contribution >= 0.6 is 0 Å². The molecule has 0 fully saturated rings. The SMILES string of the molecule is CCc1ccc(NC(=O)COc2c(-c3ccc(OC)c(OC)c3)oc3cc(C)cc(C)c3c2=O)cc1. The van der Waals surface area contributed by atoms with Gasteiger partial charge >= 0.3 is 0 Å².